The van der Waals surface area contributed by atoms with Crippen molar-refractivity contribution in [1.29, 1.82) is 0 Å². The zero-order valence-electron chi connectivity index (χ0n) is 10.0. The summed E-state index contributed by atoms with van der Waals surface area (Å²) in [5.74, 6) is 0.0403. The molecule has 0 heterocycles. The summed E-state index contributed by atoms with van der Waals surface area (Å²) in [6.07, 6.45) is 0.581. The Kier molecular flexibility index (Phi) is 5.96. The van der Waals surface area contributed by atoms with Crippen molar-refractivity contribution in [2.45, 2.75) is 32.8 Å². The first-order valence-corrected chi connectivity index (χ1v) is 6.42. The molecule has 0 spiro atoms. The Balaban J connectivity index is 2.76. The summed E-state index contributed by atoms with van der Waals surface area (Å²) in [6.45, 7) is 4.34. The predicted octanol–water partition coefficient (Wildman–Crippen LogP) is 3.92. The van der Waals surface area contributed by atoms with Crippen LogP contribution < -0.4 is 0 Å². The van der Waals surface area contributed by atoms with E-state index in [1.807, 2.05) is 19.9 Å². The first kappa shape index (κ1) is 14.5. The molecule has 1 atom stereocenters. The van der Waals surface area contributed by atoms with E-state index >= 15 is 0 Å². The topological polar surface area (TPSA) is 26.3 Å². The summed E-state index contributed by atoms with van der Waals surface area (Å²) in [5, 5.41) is 0.926. The molecule has 0 N–H and O–H groups in total. The molecule has 0 aliphatic carbocycles. The maximum absolute atomic E-state index is 12.0. The minimum atomic E-state index is -0.352. The van der Waals surface area contributed by atoms with Gasteiger partial charge in [0.25, 0.3) is 0 Å². The number of Topliss-reactive ketones (excluding diaryl/α,β-unsaturated/α-hetero) is 1. The van der Waals surface area contributed by atoms with Gasteiger partial charge < -0.3 is 4.74 Å². The van der Waals surface area contributed by atoms with Gasteiger partial charge in [0, 0.05) is 13.0 Å². The molecule has 17 heavy (non-hydrogen) atoms. The Labute approximate surface area is 112 Å². The minimum Gasteiger partial charge on any atom is -0.371 e. The molecule has 0 fully saturated rings. The molecular weight excluding hydrogens is 259 g/mol. The highest BCUT2D eigenvalue weighted by molar-refractivity contribution is 6.42. The standard InChI is InChI=1S/C13H16Cl2O2/c1-3-12(17-4-2)11(16)8-9-6-5-7-10(14)13(9)15/h5-7,12H,3-4,8H2,1-2H3. The molecule has 0 bridgehead atoms. The second kappa shape index (κ2) is 7.00. The third-order valence-corrected chi connectivity index (χ3v) is 3.35. The van der Waals surface area contributed by atoms with Crippen molar-refractivity contribution < 1.29 is 9.53 Å². The molecule has 0 radical (unpaired) electrons. The zero-order valence-corrected chi connectivity index (χ0v) is 11.5. The van der Waals surface area contributed by atoms with E-state index < -0.39 is 0 Å². The van der Waals surface area contributed by atoms with E-state index in [2.05, 4.69) is 0 Å². The predicted molar refractivity (Wildman–Crippen MR) is 70.9 cm³/mol. The summed E-state index contributed by atoms with van der Waals surface area (Å²) >= 11 is 11.9. The molecule has 2 nitrogen and oxygen atoms in total. The highest BCUT2D eigenvalue weighted by Crippen LogP contribution is 2.26. The summed E-state index contributed by atoms with van der Waals surface area (Å²) in [5.41, 5.74) is 0.752. The van der Waals surface area contributed by atoms with Crippen molar-refractivity contribution in [3.05, 3.63) is 33.8 Å². The molecule has 4 heteroatoms. The minimum absolute atomic E-state index is 0.0403. The van der Waals surface area contributed by atoms with Crippen molar-refractivity contribution in [2.75, 3.05) is 6.61 Å². The van der Waals surface area contributed by atoms with Gasteiger partial charge in [-0.2, -0.15) is 0 Å². The first-order valence-electron chi connectivity index (χ1n) is 5.67. The van der Waals surface area contributed by atoms with Gasteiger partial charge in [0.1, 0.15) is 6.10 Å². The Morgan fingerprint density at radius 1 is 1.35 bits per heavy atom. The lowest BCUT2D eigenvalue weighted by molar-refractivity contribution is -0.129. The number of ketones is 1. The maximum atomic E-state index is 12.0. The van der Waals surface area contributed by atoms with Crippen LogP contribution in [0, 0.1) is 0 Å². The van der Waals surface area contributed by atoms with Crippen LogP contribution in [0.15, 0.2) is 18.2 Å². The van der Waals surface area contributed by atoms with Crippen LogP contribution in [0.3, 0.4) is 0 Å². The smallest absolute Gasteiger partial charge is 0.165 e. The number of hydrogen-bond acceptors (Lipinski definition) is 2. The molecular formula is C13H16Cl2O2. The number of rotatable bonds is 6. The third kappa shape index (κ3) is 3.98. The van der Waals surface area contributed by atoms with Crippen LogP contribution in [0.1, 0.15) is 25.8 Å². The van der Waals surface area contributed by atoms with Gasteiger partial charge in [-0.25, -0.2) is 0 Å². The van der Waals surface area contributed by atoms with Crippen molar-refractivity contribution in [3.8, 4) is 0 Å². The quantitative estimate of drug-likeness (QED) is 0.786. The number of hydrogen-bond donors (Lipinski definition) is 0. The van der Waals surface area contributed by atoms with Crippen LogP contribution >= 0.6 is 23.2 Å². The van der Waals surface area contributed by atoms with Gasteiger partial charge in [-0.05, 0) is 25.0 Å². The Morgan fingerprint density at radius 3 is 2.65 bits per heavy atom. The van der Waals surface area contributed by atoms with E-state index in [1.54, 1.807) is 12.1 Å². The van der Waals surface area contributed by atoms with Crippen LogP contribution in [-0.4, -0.2) is 18.5 Å². The van der Waals surface area contributed by atoms with Gasteiger partial charge in [0.15, 0.2) is 5.78 Å². The van der Waals surface area contributed by atoms with Gasteiger partial charge in [-0.3, -0.25) is 4.79 Å². The molecule has 0 amide bonds. The van der Waals surface area contributed by atoms with Crippen LogP contribution in [0.25, 0.3) is 0 Å². The number of ether oxygens (including phenoxy) is 1. The number of carbonyl (C=O) groups excluding carboxylic acids is 1. The normalized spacial score (nSPS) is 12.5. The zero-order chi connectivity index (χ0) is 12.8. The van der Waals surface area contributed by atoms with Crippen molar-refractivity contribution in [2.24, 2.45) is 0 Å². The lowest BCUT2D eigenvalue weighted by atomic mass is 10.0. The Bertz CT molecular complexity index is 391. The van der Waals surface area contributed by atoms with Crippen LogP contribution in [-0.2, 0) is 16.0 Å². The fourth-order valence-corrected chi connectivity index (χ4v) is 2.01. The molecule has 1 unspecified atom stereocenters. The van der Waals surface area contributed by atoms with E-state index in [9.17, 15) is 4.79 Å². The van der Waals surface area contributed by atoms with Gasteiger partial charge in [-0.15, -0.1) is 0 Å². The summed E-state index contributed by atoms with van der Waals surface area (Å²) in [4.78, 5) is 12.0. The van der Waals surface area contributed by atoms with Crippen molar-refractivity contribution >= 4 is 29.0 Å². The Morgan fingerprint density at radius 2 is 2.06 bits per heavy atom. The van der Waals surface area contributed by atoms with E-state index in [4.69, 9.17) is 27.9 Å². The Hall–Kier alpha value is -0.570. The van der Waals surface area contributed by atoms with Crippen LogP contribution in [0.2, 0.25) is 10.0 Å². The number of carbonyl (C=O) groups is 1. The van der Waals surface area contributed by atoms with Crippen molar-refractivity contribution in [3.63, 3.8) is 0 Å². The molecule has 0 aliphatic heterocycles. The molecule has 94 valence electrons. The van der Waals surface area contributed by atoms with Gasteiger partial charge in [0.2, 0.25) is 0 Å². The van der Waals surface area contributed by atoms with Gasteiger partial charge in [0.05, 0.1) is 10.0 Å². The molecule has 1 rings (SSSR count). The SMILES string of the molecule is CCOC(CC)C(=O)Cc1cccc(Cl)c1Cl. The fraction of sp³-hybridized carbons (Fsp3) is 0.462. The van der Waals surface area contributed by atoms with Crippen LogP contribution in [0.5, 0.6) is 0 Å². The van der Waals surface area contributed by atoms with Crippen molar-refractivity contribution in [1.82, 2.24) is 0 Å². The number of benzene rings is 1. The van der Waals surface area contributed by atoms with E-state index in [1.165, 1.54) is 0 Å². The monoisotopic (exact) mass is 274 g/mol. The third-order valence-electron chi connectivity index (χ3n) is 2.49. The molecule has 0 aliphatic rings. The van der Waals surface area contributed by atoms with Crippen LogP contribution in [0.4, 0.5) is 0 Å². The fourth-order valence-electron chi connectivity index (χ4n) is 1.63. The van der Waals surface area contributed by atoms with Gasteiger partial charge >= 0.3 is 0 Å². The second-order valence-electron chi connectivity index (χ2n) is 3.71. The average Bonchev–Trinajstić information content (AvgIpc) is 2.31. The summed E-state index contributed by atoms with van der Waals surface area (Å²) in [7, 11) is 0. The lowest BCUT2D eigenvalue weighted by Crippen LogP contribution is -2.25. The second-order valence-corrected chi connectivity index (χ2v) is 4.49. The number of halogens is 2. The summed E-state index contributed by atoms with van der Waals surface area (Å²) < 4.78 is 5.37. The van der Waals surface area contributed by atoms with Gasteiger partial charge in [-0.1, -0.05) is 42.3 Å². The highest BCUT2D eigenvalue weighted by Gasteiger charge is 2.18. The first-order chi connectivity index (χ1) is 8.10. The lowest BCUT2D eigenvalue weighted by Gasteiger charge is -2.14. The van der Waals surface area contributed by atoms with E-state index in [-0.39, 0.29) is 18.3 Å². The molecule has 0 aromatic heterocycles. The average molecular weight is 275 g/mol. The largest absolute Gasteiger partial charge is 0.371 e. The van der Waals surface area contributed by atoms with E-state index in [0.717, 1.165) is 5.56 Å². The molecule has 1 aromatic rings. The van der Waals surface area contributed by atoms with E-state index in [0.29, 0.717) is 23.1 Å². The molecule has 1 aromatic carbocycles. The highest BCUT2D eigenvalue weighted by atomic mass is 35.5. The maximum Gasteiger partial charge on any atom is 0.165 e. The summed E-state index contributed by atoms with van der Waals surface area (Å²) in [6, 6.07) is 5.31. The molecule has 0 saturated carbocycles. The molecule has 0 saturated heterocycles.